The van der Waals surface area contributed by atoms with E-state index in [0.717, 1.165) is 0 Å². The van der Waals surface area contributed by atoms with Crippen LogP contribution in [0.25, 0.3) is 0 Å². The zero-order chi connectivity index (χ0) is 26.4. The number of benzene rings is 2. The molecule has 7 rings (SSSR count). The van der Waals surface area contributed by atoms with E-state index in [-0.39, 0.29) is 42.3 Å². The highest BCUT2D eigenvalue weighted by molar-refractivity contribution is 5.97. The van der Waals surface area contributed by atoms with Crippen LogP contribution in [0.1, 0.15) is 26.3 Å². The highest BCUT2D eigenvalue weighted by Gasteiger charge is 2.75. The molecule has 12 heteroatoms. The van der Waals surface area contributed by atoms with Gasteiger partial charge in [-0.05, 0) is 18.2 Å². The number of nitrogens with one attached hydrogen (secondary N) is 2. The Bertz CT molecular complexity index is 1340. The molecule has 5 aliphatic rings. The second-order valence-electron chi connectivity index (χ2n) is 10.4. The maximum Gasteiger partial charge on any atom is 0.337 e. The Labute approximate surface area is 216 Å². The molecule has 0 radical (unpaired) electrons. The van der Waals surface area contributed by atoms with E-state index >= 15 is 0 Å². The predicted octanol–water partition coefficient (Wildman–Crippen LogP) is 0.240. The summed E-state index contributed by atoms with van der Waals surface area (Å²) in [6.45, 7) is 0.00236. The summed E-state index contributed by atoms with van der Waals surface area (Å²) in [6, 6.07) is 11.2. The molecule has 12 nitrogen and oxygen atoms in total. The number of carbonyl (C=O) groups is 2. The summed E-state index contributed by atoms with van der Waals surface area (Å²) in [7, 11) is 0. The van der Waals surface area contributed by atoms with E-state index in [9.17, 15) is 30.0 Å². The summed E-state index contributed by atoms with van der Waals surface area (Å²) < 4.78 is 24.8. The van der Waals surface area contributed by atoms with Crippen LogP contribution in [0.2, 0.25) is 0 Å². The Kier molecular flexibility index (Phi) is 5.09. The third-order valence-electron chi connectivity index (χ3n) is 8.49. The third-order valence-corrected chi connectivity index (χ3v) is 8.49. The number of rotatable bonds is 4. The van der Waals surface area contributed by atoms with E-state index in [0.29, 0.717) is 5.56 Å². The lowest BCUT2D eigenvalue weighted by Crippen LogP contribution is -2.70. The molecule has 38 heavy (non-hydrogen) atoms. The monoisotopic (exact) mass is 526 g/mol. The summed E-state index contributed by atoms with van der Waals surface area (Å²) in [6.07, 6.45) is -5.82. The number of para-hydroxylation sites is 2. The van der Waals surface area contributed by atoms with Gasteiger partial charge in [-0.15, -0.1) is 0 Å². The van der Waals surface area contributed by atoms with Gasteiger partial charge in [0.05, 0.1) is 36.6 Å². The Morgan fingerprint density at radius 1 is 0.868 bits per heavy atom. The normalized spacial score (nSPS) is 40.2. The fourth-order valence-electron chi connectivity index (χ4n) is 6.98. The molecule has 200 valence electrons. The molecule has 6 unspecified atom stereocenters. The number of hydrogen-bond acceptors (Lipinski definition) is 10. The van der Waals surface area contributed by atoms with Crippen LogP contribution in [0.15, 0.2) is 42.5 Å². The molecule has 4 saturated heterocycles. The minimum atomic E-state index is -1.37. The van der Waals surface area contributed by atoms with Crippen LogP contribution >= 0.6 is 0 Å². The molecule has 5 aliphatic heterocycles. The molecule has 0 bridgehead atoms. The standard InChI is InChI=1S/C26H26N2O10/c29-15-8-35-20-18(15)37-10-25(20)24-26(21-19(38-24)16(30)9-36-21,27-14-7-2-1-4-11(14)22(31)32)13-6-3-5-12(23(33)34)17(13)28-25/h1-7,15-16,18-21,24,27-30H,8-10H2,(H,31,32)(H,33,34)/t15-,16-,18?,19?,20?,21?,24?,25?,26+/m1/s1. The molecule has 5 heterocycles. The van der Waals surface area contributed by atoms with Crippen molar-refractivity contribution in [3.05, 3.63) is 59.2 Å². The number of aliphatic hydroxyl groups is 2. The van der Waals surface area contributed by atoms with E-state index in [1.165, 1.54) is 12.1 Å². The number of fused-ring (bicyclic) bond motifs is 8. The second kappa shape index (κ2) is 8.12. The SMILES string of the molecule is O=C(O)c1ccccc1N[C@]12c3cccc(C(=O)O)c3NC3(COC4C3OC[C@H]4O)C1OC1C2OC[C@H]1O. The Balaban J connectivity index is 1.51. The van der Waals surface area contributed by atoms with Crippen LogP contribution in [0.5, 0.6) is 0 Å². The van der Waals surface area contributed by atoms with Gasteiger partial charge < -0.3 is 50.0 Å². The average Bonchev–Trinajstić information content (AvgIpc) is 3.64. The molecule has 0 amide bonds. The minimum absolute atomic E-state index is 0.000714. The maximum absolute atomic E-state index is 12.4. The number of anilines is 2. The first-order valence-corrected chi connectivity index (χ1v) is 12.4. The van der Waals surface area contributed by atoms with Crippen molar-refractivity contribution in [2.75, 3.05) is 30.5 Å². The van der Waals surface area contributed by atoms with E-state index < -0.39 is 65.7 Å². The van der Waals surface area contributed by atoms with Gasteiger partial charge in [-0.1, -0.05) is 24.3 Å². The van der Waals surface area contributed by atoms with Gasteiger partial charge in [0, 0.05) is 11.3 Å². The van der Waals surface area contributed by atoms with Gasteiger partial charge >= 0.3 is 11.9 Å². The number of carboxylic acid groups (broad SMARTS) is 2. The first-order chi connectivity index (χ1) is 18.3. The molecule has 0 saturated carbocycles. The van der Waals surface area contributed by atoms with Crippen molar-refractivity contribution in [3.8, 4) is 0 Å². The van der Waals surface area contributed by atoms with Crippen LogP contribution in [-0.2, 0) is 24.5 Å². The summed E-state index contributed by atoms with van der Waals surface area (Å²) in [5.41, 5.74) is -1.56. The van der Waals surface area contributed by atoms with Gasteiger partial charge in [-0.2, -0.15) is 0 Å². The number of hydrogen-bond donors (Lipinski definition) is 6. The van der Waals surface area contributed by atoms with Crippen molar-refractivity contribution in [3.63, 3.8) is 0 Å². The molecule has 0 aromatic heterocycles. The lowest BCUT2D eigenvalue weighted by molar-refractivity contribution is -0.0834. The Hall–Kier alpha value is -3.26. The van der Waals surface area contributed by atoms with Crippen molar-refractivity contribution in [1.29, 1.82) is 0 Å². The summed E-state index contributed by atoms with van der Waals surface area (Å²) in [5.74, 6) is -2.33. The van der Waals surface area contributed by atoms with Crippen LogP contribution in [0.4, 0.5) is 11.4 Å². The van der Waals surface area contributed by atoms with Gasteiger partial charge in [-0.25, -0.2) is 9.59 Å². The van der Waals surface area contributed by atoms with E-state index in [1.807, 2.05) is 0 Å². The smallest absolute Gasteiger partial charge is 0.337 e. The Morgan fingerprint density at radius 3 is 2.32 bits per heavy atom. The van der Waals surface area contributed by atoms with Crippen LogP contribution in [0.3, 0.4) is 0 Å². The van der Waals surface area contributed by atoms with E-state index in [2.05, 4.69) is 10.6 Å². The third kappa shape index (κ3) is 2.95. The van der Waals surface area contributed by atoms with Crippen molar-refractivity contribution >= 4 is 23.3 Å². The Morgan fingerprint density at radius 2 is 1.55 bits per heavy atom. The highest BCUT2D eigenvalue weighted by atomic mass is 16.6. The number of aromatic carboxylic acids is 2. The van der Waals surface area contributed by atoms with Crippen LogP contribution in [0, 0.1) is 0 Å². The van der Waals surface area contributed by atoms with E-state index in [1.54, 1.807) is 30.3 Å². The van der Waals surface area contributed by atoms with Gasteiger partial charge in [-0.3, -0.25) is 0 Å². The molecule has 1 spiro atoms. The fraction of sp³-hybridized carbons (Fsp3) is 0.462. The van der Waals surface area contributed by atoms with Crippen molar-refractivity contribution in [2.24, 2.45) is 0 Å². The molecule has 9 atom stereocenters. The maximum atomic E-state index is 12.4. The average molecular weight is 526 g/mol. The van der Waals surface area contributed by atoms with Crippen molar-refractivity contribution < 1.29 is 49.0 Å². The fourth-order valence-corrected chi connectivity index (χ4v) is 6.98. The van der Waals surface area contributed by atoms with Crippen molar-refractivity contribution in [2.45, 2.75) is 53.8 Å². The van der Waals surface area contributed by atoms with Crippen LogP contribution in [-0.4, -0.2) is 100 Å². The molecule has 6 N–H and O–H groups in total. The van der Waals surface area contributed by atoms with Gasteiger partial charge in [0.25, 0.3) is 0 Å². The lowest BCUT2D eigenvalue weighted by atomic mass is 9.66. The number of aliphatic hydroxyl groups excluding tert-OH is 2. The number of carboxylic acids is 2. The summed E-state index contributed by atoms with van der Waals surface area (Å²) in [5, 5.41) is 48.2. The van der Waals surface area contributed by atoms with E-state index in [4.69, 9.17) is 18.9 Å². The molecule has 4 fully saturated rings. The first kappa shape index (κ1) is 23.8. The highest BCUT2D eigenvalue weighted by Crippen LogP contribution is 2.59. The molecular weight excluding hydrogens is 500 g/mol. The zero-order valence-electron chi connectivity index (χ0n) is 19.9. The first-order valence-electron chi connectivity index (χ1n) is 12.4. The lowest BCUT2D eigenvalue weighted by Gasteiger charge is -2.53. The molecule has 2 aromatic carbocycles. The van der Waals surface area contributed by atoms with Gasteiger partial charge in [0.15, 0.2) is 0 Å². The topological polar surface area (TPSA) is 176 Å². The van der Waals surface area contributed by atoms with Gasteiger partial charge in [0.1, 0.15) is 53.8 Å². The quantitative estimate of drug-likeness (QED) is 0.321. The summed E-state index contributed by atoms with van der Waals surface area (Å²) >= 11 is 0. The van der Waals surface area contributed by atoms with Gasteiger partial charge in [0.2, 0.25) is 0 Å². The predicted molar refractivity (Wildman–Crippen MR) is 128 cm³/mol. The van der Waals surface area contributed by atoms with Crippen molar-refractivity contribution in [1.82, 2.24) is 0 Å². The van der Waals surface area contributed by atoms with Crippen LogP contribution < -0.4 is 10.6 Å². The largest absolute Gasteiger partial charge is 0.478 e. The summed E-state index contributed by atoms with van der Waals surface area (Å²) in [4.78, 5) is 24.5. The number of ether oxygens (including phenoxy) is 4. The molecular formula is C26H26N2O10. The molecule has 2 aromatic rings. The minimum Gasteiger partial charge on any atom is -0.478 e. The molecule has 0 aliphatic carbocycles. The second-order valence-corrected chi connectivity index (χ2v) is 10.4. The zero-order valence-corrected chi connectivity index (χ0v) is 19.9.